The molecule has 0 aromatic heterocycles. The SMILES string of the molecule is C=C(C)C(=O)OCC1CCC(O)(C(F)(F)C(O)C(F)(F)F)CC1. The molecule has 1 aliphatic rings. The lowest BCUT2D eigenvalue weighted by Gasteiger charge is -2.42. The van der Waals surface area contributed by atoms with Crippen LogP contribution in [0.1, 0.15) is 32.6 Å². The van der Waals surface area contributed by atoms with Crippen LogP contribution in [0, 0.1) is 5.92 Å². The smallest absolute Gasteiger partial charge is 0.420 e. The second-order valence-corrected chi connectivity index (χ2v) is 5.92. The first-order valence-corrected chi connectivity index (χ1v) is 6.99. The van der Waals surface area contributed by atoms with Crippen LogP contribution in [0.2, 0.25) is 0 Å². The van der Waals surface area contributed by atoms with E-state index in [0.717, 1.165) is 0 Å². The van der Waals surface area contributed by atoms with E-state index in [4.69, 9.17) is 9.84 Å². The van der Waals surface area contributed by atoms with Gasteiger partial charge < -0.3 is 14.9 Å². The van der Waals surface area contributed by atoms with E-state index in [9.17, 15) is 31.9 Å². The molecule has 0 aromatic carbocycles. The molecule has 0 saturated heterocycles. The number of carbonyl (C=O) groups excluding carboxylic acids is 1. The van der Waals surface area contributed by atoms with Crippen molar-refractivity contribution < 1.29 is 41.7 Å². The third-order valence-corrected chi connectivity index (χ3v) is 4.00. The minimum Gasteiger partial charge on any atom is -0.462 e. The molecule has 0 radical (unpaired) electrons. The van der Waals surface area contributed by atoms with Crippen LogP contribution in [0.5, 0.6) is 0 Å². The number of alkyl halides is 5. The van der Waals surface area contributed by atoms with Gasteiger partial charge in [-0.05, 0) is 38.5 Å². The maximum atomic E-state index is 13.8. The summed E-state index contributed by atoms with van der Waals surface area (Å²) in [7, 11) is 0. The van der Waals surface area contributed by atoms with E-state index in [1.165, 1.54) is 6.92 Å². The topological polar surface area (TPSA) is 66.8 Å². The first kappa shape index (κ1) is 19.8. The molecule has 134 valence electrons. The molecule has 1 atom stereocenters. The largest absolute Gasteiger partial charge is 0.462 e. The first-order valence-electron chi connectivity index (χ1n) is 6.99. The fourth-order valence-corrected chi connectivity index (χ4v) is 2.43. The molecule has 0 aromatic rings. The van der Waals surface area contributed by atoms with Crippen molar-refractivity contribution in [2.45, 2.75) is 56.4 Å². The van der Waals surface area contributed by atoms with Gasteiger partial charge >= 0.3 is 18.1 Å². The number of rotatable bonds is 5. The highest BCUT2D eigenvalue weighted by Crippen LogP contribution is 2.47. The van der Waals surface area contributed by atoms with Crippen LogP contribution >= 0.6 is 0 Å². The maximum Gasteiger partial charge on any atom is 0.420 e. The standard InChI is InChI=1S/C14H19F5O4/c1-8(2)10(20)23-7-9-3-5-12(22,6-4-9)13(15,16)11(21)14(17,18)19/h9,11,21-22H,1,3-7H2,2H3. The Morgan fingerprint density at radius 1 is 1.30 bits per heavy atom. The van der Waals surface area contributed by atoms with Crippen molar-refractivity contribution in [2.75, 3.05) is 6.61 Å². The molecule has 0 spiro atoms. The van der Waals surface area contributed by atoms with E-state index < -0.39 is 42.6 Å². The van der Waals surface area contributed by atoms with E-state index in [1.54, 1.807) is 0 Å². The van der Waals surface area contributed by atoms with Gasteiger partial charge in [-0.25, -0.2) is 13.6 Å². The number of aliphatic hydroxyl groups is 2. The number of hydrogen-bond donors (Lipinski definition) is 2. The normalized spacial score (nSPS) is 27.4. The molecule has 1 aliphatic carbocycles. The van der Waals surface area contributed by atoms with E-state index >= 15 is 0 Å². The van der Waals surface area contributed by atoms with Gasteiger partial charge in [0.15, 0.2) is 0 Å². The van der Waals surface area contributed by atoms with Crippen molar-refractivity contribution in [3.05, 3.63) is 12.2 Å². The van der Waals surface area contributed by atoms with Crippen LogP contribution in [0.25, 0.3) is 0 Å². The van der Waals surface area contributed by atoms with E-state index in [2.05, 4.69) is 6.58 Å². The van der Waals surface area contributed by atoms with Crippen LogP contribution in [0.3, 0.4) is 0 Å². The molecule has 1 saturated carbocycles. The number of halogens is 5. The summed E-state index contributed by atoms with van der Waals surface area (Å²) in [5, 5.41) is 18.7. The van der Waals surface area contributed by atoms with Crippen LogP contribution < -0.4 is 0 Å². The third kappa shape index (κ3) is 4.41. The molecule has 0 aliphatic heterocycles. The molecule has 9 heteroatoms. The van der Waals surface area contributed by atoms with E-state index in [-0.39, 0.29) is 30.9 Å². The van der Waals surface area contributed by atoms with Gasteiger partial charge in [0.25, 0.3) is 0 Å². The predicted molar refractivity (Wildman–Crippen MR) is 69.7 cm³/mol. The Morgan fingerprint density at radius 3 is 2.17 bits per heavy atom. The molecule has 1 unspecified atom stereocenters. The Balaban J connectivity index is 2.66. The molecule has 0 bridgehead atoms. The lowest BCUT2D eigenvalue weighted by Crippen LogP contribution is -2.60. The fraction of sp³-hybridized carbons (Fsp3) is 0.786. The molecule has 23 heavy (non-hydrogen) atoms. The summed E-state index contributed by atoms with van der Waals surface area (Å²) in [5.41, 5.74) is -2.78. The Bertz CT molecular complexity index is 453. The molecule has 0 amide bonds. The van der Waals surface area contributed by atoms with Gasteiger partial charge in [-0.2, -0.15) is 13.2 Å². The highest BCUT2D eigenvalue weighted by molar-refractivity contribution is 5.86. The van der Waals surface area contributed by atoms with Gasteiger partial charge in [0.1, 0.15) is 5.60 Å². The summed E-state index contributed by atoms with van der Waals surface area (Å²) in [6.45, 7) is 4.71. The zero-order valence-corrected chi connectivity index (χ0v) is 12.5. The first-order chi connectivity index (χ1) is 10.3. The van der Waals surface area contributed by atoms with Crippen LogP contribution in [-0.4, -0.2) is 46.6 Å². The number of carbonyl (C=O) groups is 1. The van der Waals surface area contributed by atoms with Gasteiger partial charge in [-0.15, -0.1) is 0 Å². The molecular weight excluding hydrogens is 327 g/mol. The van der Waals surface area contributed by atoms with Gasteiger partial charge in [0.2, 0.25) is 6.10 Å². The third-order valence-electron chi connectivity index (χ3n) is 4.00. The quantitative estimate of drug-likeness (QED) is 0.456. The molecule has 0 heterocycles. The maximum absolute atomic E-state index is 13.8. The minimum atomic E-state index is -5.53. The van der Waals surface area contributed by atoms with Crippen molar-refractivity contribution >= 4 is 5.97 Å². The van der Waals surface area contributed by atoms with Crippen molar-refractivity contribution in [1.29, 1.82) is 0 Å². The Hall–Kier alpha value is -1.22. The number of esters is 1. The van der Waals surface area contributed by atoms with Crippen LogP contribution in [-0.2, 0) is 9.53 Å². The zero-order chi connectivity index (χ0) is 18.1. The second kappa shape index (κ2) is 6.72. The summed E-state index contributed by atoms with van der Waals surface area (Å²) in [4.78, 5) is 11.2. The van der Waals surface area contributed by atoms with Crippen LogP contribution in [0.4, 0.5) is 22.0 Å². The van der Waals surface area contributed by atoms with Crippen molar-refractivity contribution in [2.24, 2.45) is 5.92 Å². The number of hydrogen-bond acceptors (Lipinski definition) is 4. The number of ether oxygens (including phenoxy) is 1. The average Bonchev–Trinajstić information content (AvgIpc) is 2.44. The average molecular weight is 346 g/mol. The lowest BCUT2D eigenvalue weighted by molar-refractivity contribution is -0.319. The van der Waals surface area contributed by atoms with Crippen LogP contribution in [0.15, 0.2) is 12.2 Å². The summed E-state index contributed by atoms with van der Waals surface area (Å²) < 4.78 is 69.5. The zero-order valence-electron chi connectivity index (χ0n) is 12.5. The number of aliphatic hydroxyl groups excluding tert-OH is 1. The van der Waals surface area contributed by atoms with Crippen molar-refractivity contribution in [3.63, 3.8) is 0 Å². The van der Waals surface area contributed by atoms with Crippen molar-refractivity contribution in [3.8, 4) is 0 Å². The summed E-state index contributed by atoms with van der Waals surface area (Å²) in [6, 6.07) is 0. The summed E-state index contributed by atoms with van der Waals surface area (Å²) in [6.07, 6.45) is -10.9. The molecule has 4 nitrogen and oxygen atoms in total. The Kier molecular flexibility index (Phi) is 5.79. The van der Waals surface area contributed by atoms with Gasteiger partial charge in [0, 0.05) is 5.57 Å². The lowest BCUT2D eigenvalue weighted by atomic mass is 9.74. The van der Waals surface area contributed by atoms with Crippen molar-refractivity contribution in [1.82, 2.24) is 0 Å². The van der Waals surface area contributed by atoms with E-state index in [0.29, 0.717) is 0 Å². The minimum absolute atomic E-state index is 0.0554. The van der Waals surface area contributed by atoms with Gasteiger partial charge in [-0.1, -0.05) is 6.58 Å². The second-order valence-electron chi connectivity index (χ2n) is 5.92. The van der Waals surface area contributed by atoms with E-state index in [1.807, 2.05) is 0 Å². The summed E-state index contributed by atoms with van der Waals surface area (Å²) >= 11 is 0. The van der Waals surface area contributed by atoms with Gasteiger partial charge in [-0.3, -0.25) is 0 Å². The molecule has 1 rings (SSSR count). The highest BCUT2D eigenvalue weighted by atomic mass is 19.4. The molecule has 1 fully saturated rings. The Morgan fingerprint density at radius 2 is 1.78 bits per heavy atom. The molecule has 2 N–H and O–H groups in total. The molecular formula is C14H19F5O4. The van der Waals surface area contributed by atoms with Gasteiger partial charge in [0.05, 0.1) is 6.61 Å². The monoisotopic (exact) mass is 346 g/mol. The Labute approximate surface area is 129 Å². The fourth-order valence-electron chi connectivity index (χ4n) is 2.43. The summed E-state index contributed by atoms with van der Waals surface area (Å²) in [5.74, 6) is -5.72. The highest BCUT2D eigenvalue weighted by Gasteiger charge is 2.65. The predicted octanol–water partition coefficient (Wildman–Crippen LogP) is 2.59.